The molecule has 122 valence electrons. The molecule has 1 aromatic rings. The number of rotatable bonds is 5. The number of carbonyl (C=O) groups is 1. The van der Waals surface area contributed by atoms with Crippen molar-refractivity contribution in [1.29, 1.82) is 0 Å². The van der Waals surface area contributed by atoms with E-state index in [4.69, 9.17) is 0 Å². The number of carbonyl (C=O) groups excluding carboxylic acids is 1. The lowest BCUT2D eigenvalue weighted by molar-refractivity contribution is 0.0956. The third-order valence-electron chi connectivity index (χ3n) is 3.61. The van der Waals surface area contributed by atoms with Crippen molar-refractivity contribution in [3.63, 3.8) is 0 Å². The largest absolute Gasteiger partial charge is 0.351 e. The smallest absolute Gasteiger partial charge is 0.251 e. The van der Waals surface area contributed by atoms with E-state index in [-0.39, 0.29) is 12.3 Å². The van der Waals surface area contributed by atoms with Crippen molar-refractivity contribution in [1.82, 2.24) is 14.5 Å². The maximum Gasteiger partial charge on any atom is 0.251 e. The van der Waals surface area contributed by atoms with Crippen LogP contribution in [0.15, 0.2) is 24.3 Å². The van der Waals surface area contributed by atoms with Gasteiger partial charge in [0.25, 0.3) is 5.91 Å². The second kappa shape index (κ2) is 7.17. The van der Waals surface area contributed by atoms with Gasteiger partial charge in [0.1, 0.15) is 5.82 Å². The van der Waals surface area contributed by atoms with Crippen LogP contribution in [0.3, 0.4) is 0 Å². The van der Waals surface area contributed by atoms with Gasteiger partial charge < -0.3 is 10.2 Å². The Morgan fingerprint density at radius 3 is 2.36 bits per heavy atom. The summed E-state index contributed by atoms with van der Waals surface area (Å²) in [6.07, 6.45) is 0. The topological polar surface area (TPSA) is 69.7 Å². The van der Waals surface area contributed by atoms with Crippen LogP contribution in [0.1, 0.15) is 10.4 Å². The number of sulfonamides is 1. The first-order valence-electron chi connectivity index (χ1n) is 7.08. The Morgan fingerprint density at radius 1 is 1.18 bits per heavy atom. The summed E-state index contributed by atoms with van der Waals surface area (Å²) < 4.78 is 38.6. The van der Waals surface area contributed by atoms with Gasteiger partial charge >= 0.3 is 0 Å². The van der Waals surface area contributed by atoms with Gasteiger partial charge in [-0.25, -0.2) is 12.8 Å². The molecule has 1 aliphatic rings. The van der Waals surface area contributed by atoms with Crippen molar-refractivity contribution in [2.24, 2.45) is 0 Å². The zero-order chi connectivity index (χ0) is 16.2. The Bertz CT molecular complexity index is 611. The minimum Gasteiger partial charge on any atom is -0.351 e. The van der Waals surface area contributed by atoms with Crippen LogP contribution in [0.4, 0.5) is 4.39 Å². The van der Waals surface area contributed by atoms with Gasteiger partial charge in [-0.1, -0.05) is 0 Å². The number of nitrogens with one attached hydrogen (secondary N) is 1. The number of amides is 1. The number of likely N-dealkylation sites (N-methyl/N-ethyl adjacent to an activating group) is 1. The van der Waals surface area contributed by atoms with Gasteiger partial charge in [0.15, 0.2) is 0 Å². The second-order valence-electron chi connectivity index (χ2n) is 5.28. The first kappa shape index (κ1) is 16.9. The zero-order valence-corrected chi connectivity index (χ0v) is 13.3. The van der Waals surface area contributed by atoms with Gasteiger partial charge in [0.05, 0.1) is 5.75 Å². The Morgan fingerprint density at radius 2 is 1.77 bits per heavy atom. The number of halogens is 1. The third-order valence-corrected chi connectivity index (χ3v) is 5.48. The number of hydrogen-bond donors (Lipinski definition) is 1. The number of hydrogen-bond acceptors (Lipinski definition) is 4. The van der Waals surface area contributed by atoms with E-state index < -0.39 is 21.7 Å². The lowest BCUT2D eigenvalue weighted by atomic mass is 10.2. The predicted octanol–water partition coefficient (Wildman–Crippen LogP) is 0.133. The van der Waals surface area contributed by atoms with Crippen molar-refractivity contribution in [3.8, 4) is 0 Å². The summed E-state index contributed by atoms with van der Waals surface area (Å²) in [6, 6.07) is 5.10. The van der Waals surface area contributed by atoms with Gasteiger partial charge in [-0.15, -0.1) is 0 Å². The fourth-order valence-electron chi connectivity index (χ4n) is 2.19. The maximum atomic E-state index is 12.8. The molecular formula is C14H20FN3O3S. The normalized spacial score (nSPS) is 17.4. The maximum absolute atomic E-state index is 12.8. The second-order valence-corrected chi connectivity index (χ2v) is 7.37. The molecule has 1 amide bonds. The van der Waals surface area contributed by atoms with Gasteiger partial charge in [0, 0.05) is 38.3 Å². The monoisotopic (exact) mass is 329 g/mol. The lowest BCUT2D eigenvalue weighted by Crippen LogP contribution is -2.48. The first-order chi connectivity index (χ1) is 10.4. The quantitative estimate of drug-likeness (QED) is 0.834. The summed E-state index contributed by atoms with van der Waals surface area (Å²) in [4.78, 5) is 13.9. The average Bonchev–Trinajstić information content (AvgIpc) is 2.48. The molecule has 8 heteroatoms. The number of benzene rings is 1. The van der Waals surface area contributed by atoms with E-state index in [2.05, 4.69) is 10.2 Å². The molecule has 0 saturated carbocycles. The van der Waals surface area contributed by atoms with E-state index in [1.54, 1.807) is 0 Å². The molecule has 0 spiro atoms. The van der Waals surface area contributed by atoms with Crippen LogP contribution < -0.4 is 5.32 Å². The van der Waals surface area contributed by atoms with Crippen molar-refractivity contribution >= 4 is 15.9 Å². The van der Waals surface area contributed by atoms with Crippen LogP contribution in [-0.4, -0.2) is 69.1 Å². The molecule has 0 radical (unpaired) electrons. The lowest BCUT2D eigenvalue weighted by Gasteiger charge is -2.31. The van der Waals surface area contributed by atoms with Gasteiger partial charge in [-0.2, -0.15) is 4.31 Å². The minimum absolute atomic E-state index is 0.0326. The molecule has 2 rings (SSSR count). The van der Waals surface area contributed by atoms with E-state index in [1.165, 1.54) is 28.6 Å². The summed E-state index contributed by atoms with van der Waals surface area (Å²) in [6.45, 7) is 2.41. The first-order valence-corrected chi connectivity index (χ1v) is 8.69. The Balaban J connectivity index is 1.82. The summed E-state index contributed by atoms with van der Waals surface area (Å²) in [5, 5.41) is 2.54. The molecule has 1 saturated heterocycles. The van der Waals surface area contributed by atoms with E-state index in [9.17, 15) is 17.6 Å². The summed E-state index contributed by atoms with van der Waals surface area (Å²) in [5.41, 5.74) is 0.304. The molecule has 0 aromatic heterocycles. The molecule has 1 aliphatic heterocycles. The van der Waals surface area contributed by atoms with Gasteiger partial charge in [0.2, 0.25) is 10.0 Å². The van der Waals surface area contributed by atoms with E-state index >= 15 is 0 Å². The molecule has 0 unspecified atom stereocenters. The fourth-order valence-corrected chi connectivity index (χ4v) is 3.53. The van der Waals surface area contributed by atoms with E-state index in [0.29, 0.717) is 31.7 Å². The van der Waals surface area contributed by atoms with Crippen molar-refractivity contribution in [3.05, 3.63) is 35.6 Å². The predicted molar refractivity (Wildman–Crippen MR) is 81.6 cm³/mol. The average molecular weight is 329 g/mol. The zero-order valence-electron chi connectivity index (χ0n) is 12.5. The van der Waals surface area contributed by atoms with Gasteiger partial charge in [-0.3, -0.25) is 4.79 Å². The van der Waals surface area contributed by atoms with Crippen LogP contribution in [-0.2, 0) is 10.0 Å². The Labute approximate surface area is 130 Å². The molecule has 1 N–H and O–H groups in total. The van der Waals surface area contributed by atoms with Crippen molar-refractivity contribution in [2.75, 3.05) is 45.5 Å². The molecule has 1 aromatic carbocycles. The summed E-state index contributed by atoms with van der Waals surface area (Å²) in [7, 11) is -1.41. The van der Waals surface area contributed by atoms with Gasteiger partial charge in [-0.05, 0) is 31.3 Å². The highest BCUT2D eigenvalue weighted by Gasteiger charge is 2.25. The molecule has 0 atom stereocenters. The Hall–Kier alpha value is -1.51. The number of piperazine rings is 1. The highest BCUT2D eigenvalue weighted by atomic mass is 32.2. The van der Waals surface area contributed by atoms with Crippen LogP contribution >= 0.6 is 0 Å². The van der Waals surface area contributed by atoms with Crippen LogP contribution in [0.2, 0.25) is 0 Å². The molecule has 6 nitrogen and oxygen atoms in total. The summed E-state index contributed by atoms with van der Waals surface area (Å²) in [5.74, 6) is -0.966. The summed E-state index contributed by atoms with van der Waals surface area (Å²) >= 11 is 0. The molecular weight excluding hydrogens is 309 g/mol. The van der Waals surface area contributed by atoms with Crippen LogP contribution in [0.5, 0.6) is 0 Å². The highest BCUT2D eigenvalue weighted by Crippen LogP contribution is 2.07. The highest BCUT2D eigenvalue weighted by molar-refractivity contribution is 7.89. The molecule has 1 fully saturated rings. The number of nitrogens with zero attached hydrogens (tertiary/aromatic N) is 2. The fraction of sp³-hybridized carbons (Fsp3) is 0.500. The third kappa shape index (κ3) is 4.49. The van der Waals surface area contributed by atoms with E-state index in [1.807, 2.05) is 7.05 Å². The molecule has 22 heavy (non-hydrogen) atoms. The Kier molecular flexibility index (Phi) is 5.49. The molecule has 1 heterocycles. The molecule has 0 bridgehead atoms. The standard InChI is InChI=1S/C14H20FN3O3S/c1-17-7-9-18(10-8-17)22(20,21)11-6-16-14(19)12-2-4-13(15)5-3-12/h2-5H,6-11H2,1H3,(H,16,19). The van der Waals surface area contributed by atoms with E-state index in [0.717, 1.165) is 0 Å². The van der Waals surface area contributed by atoms with Crippen LogP contribution in [0.25, 0.3) is 0 Å². The molecule has 0 aliphatic carbocycles. The minimum atomic E-state index is -3.36. The SMILES string of the molecule is CN1CCN(S(=O)(=O)CCNC(=O)c2ccc(F)cc2)CC1. The van der Waals surface area contributed by atoms with Crippen LogP contribution in [0, 0.1) is 5.82 Å². The van der Waals surface area contributed by atoms with Crippen molar-refractivity contribution in [2.45, 2.75) is 0 Å². The van der Waals surface area contributed by atoms with Crippen molar-refractivity contribution < 1.29 is 17.6 Å².